The van der Waals surface area contributed by atoms with Gasteiger partial charge >= 0.3 is 5.97 Å². The third-order valence-corrected chi connectivity index (χ3v) is 2.54. The summed E-state index contributed by atoms with van der Waals surface area (Å²) in [5, 5.41) is 3.24. The van der Waals surface area contributed by atoms with Gasteiger partial charge in [-0.15, -0.1) is 0 Å². The lowest BCUT2D eigenvalue weighted by atomic mass is 10.4. The molecule has 0 aromatic carbocycles. The Hall–Kier alpha value is -0.610. The highest BCUT2D eigenvalue weighted by molar-refractivity contribution is 5.69. The maximum Gasteiger partial charge on any atom is 0.306 e. The van der Waals surface area contributed by atoms with Crippen LogP contribution in [-0.2, 0) is 9.53 Å². The molecule has 0 aliphatic carbocycles. The molecule has 0 aromatic rings. The Bertz CT molecular complexity index is 168. The first-order chi connectivity index (χ1) is 6.83. The number of hydrogen-bond donors (Lipinski definition) is 1. The second kappa shape index (κ2) is 6.79. The number of ether oxygens (including phenoxy) is 1. The highest BCUT2D eigenvalue weighted by Gasteiger charge is 2.09. The Morgan fingerprint density at radius 1 is 1.36 bits per heavy atom. The van der Waals surface area contributed by atoms with Gasteiger partial charge in [0, 0.05) is 19.6 Å². The van der Waals surface area contributed by atoms with Crippen molar-refractivity contribution in [2.75, 3.05) is 39.8 Å². The monoisotopic (exact) mass is 200 g/mol. The van der Waals surface area contributed by atoms with E-state index in [2.05, 4.69) is 15.0 Å². The molecule has 0 aromatic heterocycles. The molecule has 0 atom stereocenters. The van der Waals surface area contributed by atoms with Crippen LogP contribution in [0.1, 0.15) is 19.3 Å². The van der Waals surface area contributed by atoms with Crippen molar-refractivity contribution in [1.82, 2.24) is 10.2 Å². The van der Waals surface area contributed by atoms with Crippen molar-refractivity contribution in [2.24, 2.45) is 0 Å². The molecule has 0 amide bonds. The van der Waals surface area contributed by atoms with E-state index < -0.39 is 0 Å². The first kappa shape index (κ1) is 11.5. The summed E-state index contributed by atoms with van der Waals surface area (Å²) in [6.45, 7) is 5.26. The molecule has 1 rings (SSSR count). The number of carbonyl (C=O) groups excluding carboxylic acids is 1. The van der Waals surface area contributed by atoms with Crippen LogP contribution >= 0.6 is 0 Å². The summed E-state index contributed by atoms with van der Waals surface area (Å²) >= 11 is 0. The van der Waals surface area contributed by atoms with E-state index in [0.717, 1.165) is 19.6 Å². The maximum atomic E-state index is 10.8. The van der Waals surface area contributed by atoms with Crippen LogP contribution in [0.15, 0.2) is 0 Å². The summed E-state index contributed by atoms with van der Waals surface area (Å²) in [7, 11) is 1.42. The molecule has 0 bridgehead atoms. The van der Waals surface area contributed by atoms with Crippen LogP contribution < -0.4 is 5.32 Å². The molecule has 4 nitrogen and oxygen atoms in total. The van der Waals surface area contributed by atoms with Crippen LogP contribution in [0, 0.1) is 0 Å². The van der Waals surface area contributed by atoms with Crippen molar-refractivity contribution < 1.29 is 9.53 Å². The van der Waals surface area contributed by atoms with Crippen molar-refractivity contribution in [3.8, 4) is 0 Å². The van der Waals surface area contributed by atoms with Crippen LogP contribution in [0.4, 0.5) is 0 Å². The SMILES string of the molecule is COC(=O)CCNCCN1CCCC1. The number of nitrogens with zero attached hydrogens (tertiary/aromatic N) is 1. The summed E-state index contributed by atoms with van der Waals surface area (Å²) < 4.78 is 4.54. The molecule has 1 saturated heterocycles. The minimum Gasteiger partial charge on any atom is -0.469 e. The Labute approximate surface area is 85.6 Å². The summed E-state index contributed by atoms with van der Waals surface area (Å²) in [5.74, 6) is -0.140. The molecular formula is C10H20N2O2. The summed E-state index contributed by atoms with van der Waals surface area (Å²) in [4.78, 5) is 13.2. The van der Waals surface area contributed by atoms with Crippen LogP contribution in [0.3, 0.4) is 0 Å². The van der Waals surface area contributed by atoms with Crippen LogP contribution in [-0.4, -0.2) is 50.7 Å². The zero-order valence-electron chi connectivity index (χ0n) is 8.92. The fraction of sp³-hybridized carbons (Fsp3) is 0.900. The zero-order chi connectivity index (χ0) is 10.2. The predicted octanol–water partition coefficient (Wildman–Crippen LogP) is 0.235. The minimum absolute atomic E-state index is 0.140. The van der Waals surface area contributed by atoms with E-state index in [9.17, 15) is 4.79 Å². The summed E-state index contributed by atoms with van der Waals surface area (Å²) in [6, 6.07) is 0. The fourth-order valence-electron chi connectivity index (χ4n) is 1.66. The molecule has 1 aliphatic heterocycles. The summed E-state index contributed by atoms with van der Waals surface area (Å²) in [6.07, 6.45) is 3.14. The van der Waals surface area contributed by atoms with Gasteiger partial charge in [-0.1, -0.05) is 0 Å². The van der Waals surface area contributed by atoms with Gasteiger partial charge < -0.3 is 15.0 Å². The van der Waals surface area contributed by atoms with Crippen molar-refractivity contribution in [3.63, 3.8) is 0 Å². The first-order valence-electron chi connectivity index (χ1n) is 5.33. The maximum absolute atomic E-state index is 10.8. The highest BCUT2D eigenvalue weighted by atomic mass is 16.5. The van der Waals surface area contributed by atoms with Crippen molar-refractivity contribution >= 4 is 5.97 Å². The molecule has 0 unspecified atom stereocenters. The number of hydrogen-bond acceptors (Lipinski definition) is 4. The Morgan fingerprint density at radius 3 is 2.71 bits per heavy atom. The number of nitrogens with one attached hydrogen (secondary N) is 1. The highest BCUT2D eigenvalue weighted by Crippen LogP contribution is 2.05. The predicted molar refractivity (Wildman–Crippen MR) is 55.2 cm³/mol. The molecule has 1 fully saturated rings. The average molecular weight is 200 g/mol. The van der Waals surface area contributed by atoms with E-state index in [0.29, 0.717) is 6.42 Å². The van der Waals surface area contributed by atoms with Crippen molar-refractivity contribution in [2.45, 2.75) is 19.3 Å². The van der Waals surface area contributed by atoms with Crippen molar-refractivity contribution in [3.05, 3.63) is 0 Å². The third kappa shape index (κ3) is 4.58. The molecule has 14 heavy (non-hydrogen) atoms. The van der Waals surface area contributed by atoms with E-state index >= 15 is 0 Å². The minimum atomic E-state index is -0.140. The molecular weight excluding hydrogens is 180 g/mol. The molecule has 1 N–H and O–H groups in total. The Balaban J connectivity index is 1.86. The van der Waals surface area contributed by atoms with Gasteiger partial charge in [0.05, 0.1) is 13.5 Å². The molecule has 1 aliphatic rings. The molecule has 82 valence electrons. The fourth-order valence-corrected chi connectivity index (χ4v) is 1.66. The zero-order valence-corrected chi connectivity index (χ0v) is 8.92. The lowest BCUT2D eigenvalue weighted by molar-refractivity contribution is -0.140. The molecule has 0 spiro atoms. The second-order valence-corrected chi connectivity index (χ2v) is 3.62. The number of esters is 1. The first-order valence-corrected chi connectivity index (χ1v) is 5.33. The van der Waals surface area contributed by atoms with E-state index in [1.54, 1.807) is 0 Å². The Kier molecular flexibility index (Phi) is 5.56. The topological polar surface area (TPSA) is 41.6 Å². The van der Waals surface area contributed by atoms with E-state index in [4.69, 9.17) is 0 Å². The second-order valence-electron chi connectivity index (χ2n) is 3.62. The quantitative estimate of drug-likeness (QED) is 0.492. The standard InChI is InChI=1S/C10H20N2O2/c1-14-10(13)4-5-11-6-9-12-7-2-3-8-12/h11H,2-9H2,1H3. The van der Waals surface area contributed by atoms with Gasteiger partial charge in [-0.25, -0.2) is 0 Å². The van der Waals surface area contributed by atoms with Gasteiger partial charge in [0.1, 0.15) is 0 Å². The molecule has 4 heteroatoms. The van der Waals surface area contributed by atoms with Gasteiger partial charge in [0.25, 0.3) is 0 Å². The number of methoxy groups -OCH3 is 1. The van der Waals surface area contributed by atoms with E-state index in [1.165, 1.54) is 33.0 Å². The van der Waals surface area contributed by atoms with Crippen LogP contribution in [0.2, 0.25) is 0 Å². The molecule has 1 heterocycles. The largest absolute Gasteiger partial charge is 0.469 e. The lowest BCUT2D eigenvalue weighted by Gasteiger charge is -2.14. The van der Waals surface area contributed by atoms with Gasteiger partial charge in [0.2, 0.25) is 0 Å². The third-order valence-electron chi connectivity index (χ3n) is 2.54. The van der Waals surface area contributed by atoms with Gasteiger partial charge in [-0.2, -0.15) is 0 Å². The smallest absolute Gasteiger partial charge is 0.306 e. The number of rotatable bonds is 6. The van der Waals surface area contributed by atoms with E-state index in [1.807, 2.05) is 0 Å². The number of likely N-dealkylation sites (tertiary alicyclic amines) is 1. The lowest BCUT2D eigenvalue weighted by Crippen LogP contribution is -2.31. The van der Waals surface area contributed by atoms with E-state index in [-0.39, 0.29) is 5.97 Å². The normalized spacial score (nSPS) is 17.2. The number of carbonyl (C=O) groups is 1. The van der Waals surface area contributed by atoms with Crippen molar-refractivity contribution in [1.29, 1.82) is 0 Å². The van der Waals surface area contributed by atoms with Crippen LogP contribution in [0.25, 0.3) is 0 Å². The average Bonchev–Trinajstić information content (AvgIpc) is 2.69. The summed E-state index contributed by atoms with van der Waals surface area (Å²) in [5.41, 5.74) is 0. The molecule has 0 radical (unpaired) electrons. The Morgan fingerprint density at radius 2 is 2.07 bits per heavy atom. The van der Waals surface area contributed by atoms with Gasteiger partial charge in [-0.05, 0) is 25.9 Å². The molecule has 0 saturated carbocycles. The van der Waals surface area contributed by atoms with Gasteiger partial charge in [-0.3, -0.25) is 4.79 Å². The van der Waals surface area contributed by atoms with Crippen LogP contribution in [0.5, 0.6) is 0 Å². The van der Waals surface area contributed by atoms with Gasteiger partial charge in [0.15, 0.2) is 0 Å².